The number of carbonyl (C=O) groups excluding carboxylic acids is 4. The molecule has 164 valence electrons. The van der Waals surface area contributed by atoms with Crippen LogP contribution < -0.4 is 16.4 Å². The zero-order chi connectivity index (χ0) is 22.5. The number of nitrogens with one attached hydrogen (secondary N) is 2. The number of nitrogens with two attached hydrogens (primary N) is 1. The van der Waals surface area contributed by atoms with Crippen LogP contribution in [-0.2, 0) is 31.1 Å². The molecule has 0 radical (unpaired) electrons. The lowest BCUT2D eigenvalue weighted by atomic mass is 9.76. The Hall–Kier alpha value is -3.52. The van der Waals surface area contributed by atoms with Gasteiger partial charge >= 0.3 is 0 Å². The van der Waals surface area contributed by atoms with Crippen LogP contribution >= 0.6 is 0 Å². The minimum Gasteiger partial charge on any atom is -0.370 e. The van der Waals surface area contributed by atoms with Gasteiger partial charge in [-0.05, 0) is 24.5 Å². The van der Waals surface area contributed by atoms with Crippen molar-refractivity contribution in [1.29, 1.82) is 0 Å². The minimum absolute atomic E-state index is 0.0612. The van der Waals surface area contributed by atoms with Crippen molar-refractivity contribution in [2.24, 2.45) is 17.6 Å². The molecule has 8 heteroatoms. The topological polar surface area (TPSA) is 122 Å². The monoisotopic (exact) mass is 432 g/mol. The van der Waals surface area contributed by atoms with Crippen molar-refractivity contribution >= 4 is 29.3 Å². The number of imide groups is 1. The van der Waals surface area contributed by atoms with Crippen molar-refractivity contribution in [2.75, 3.05) is 11.9 Å². The van der Waals surface area contributed by atoms with Crippen molar-refractivity contribution < 1.29 is 19.2 Å². The summed E-state index contributed by atoms with van der Waals surface area (Å²) in [5, 5.41) is 6.16. The van der Waals surface area contributed by atoms with Crippen molar-refractivity contribution in [3.63, 3.8) is 0 Å². The van der Waals surface area contributed by atoms with Crippen molar-refractivity contribution in [1.82, 2.24) is 10.2 Å². The number of anilines is 1. The highest BCUT2D eigenvalue weighted by Crippen LogP contribution is 2.53. The van der Waals surface area contributed by atoms with Gasteiger partial charge in [-0.25, -0.2) is 0 Å². The minimum atomic E-state index is -1.34. The first kappa shape index (κ1) is 20.4. The van der Waals surface area contributed by atoms with E-state index in [4.69, 9.17) is 5.73 Å². The summed E-state index contributed by atoms with van der Waals surface area (Å²) in [6, 6.07) is 16.3. The van der Waals surface area contributed by atoms with E-state index in [1.54, 1.807) is 12.1 Å². The number of carbonyl (C=O) groups is 4. The molecule has 2 saturated heterocycles. The molecular formula is C24H24N4O4. The number of benzene rings is 2. The van der Waals surface area contributed by atoms with Crippen molar-refractivity contribution in [2.45, 2.75) is 30.8 Å². The standard InChI is InChI=1S/C24H24N4O4/c25-18(29)11-10-17-19-20(24(27-17)15-8-4-5-9-16(15)26-23(24)32)22(31)28(21(19)30)13-12-14-6-2-1-3-7-14/h1-9,17,19-20,27H,10-13H2,(H2,25,29)(H,26,32)/t17-,19+,20-,24+/m1/s1. The van der Waals surface area contributed by atoms with Gasteiger partial charge in [0.15, 0.2) is 0 Å². The average Bonchev–Trinajstić information content (AvgIpc) is 3.36. The summed E-state index contributed by atoms with van der Waals surface area (Å²) >= 11 is 0. The summed E-state index contributed by atoms with van der Waals surface area (Å²) in [6.45, 7) is 0.247. The third kappa shape index (κ3) is 2.94. The van der Waals surface area contributed by atoms with E-state index in [1.165, 1.54) is 4.90 Å². The fourth-order valence-corrected chi connectivity index (χ4v) is 5.47. The number of amides is 4. The van der Waals surface area contributed by atoms with Gasteiger partial charge in [0.1, 0.15) is 5.54 Å². The largest absolute Gasteiger partial charge is 0.370 e. The van der Waals surface area contributed by atoms with Gasteiger partial charge in [0.2, 0.25) is 23.6 Å². The molecule has 8 nitrogen and oxygen atoms in total. The zero-order valence-electron chi connectivity index (χ0n) is 17.4. The molecule has 5 rings (SSSR count). The lowest BCUT2D eigenvalue weighted by molar-refractivity contribution is -0.142. The summed E-state index contributed by atoms with van der Waals surface area (Å²) in [6.07, 6.45) is 0.873. The number of fused-ring (bicyclic) bond motifs is 4. The number of rotatable bonds is 6. The molecule has 0 bridgehead atoms. The second kappa shape index (κ2) is 7.56. The van der Waals surface area contributed by atoms with Crippen LogP contribution in [0.2, 0.25) is 0 Å². The molecule has 0 aliphatic carbocycles. The first-order chi connectivity index (χ1) is 15.4. The van der Waals surface area contributed by atoms with E-state index in [0.29, 0.717) is 17.7 Å². The maximum atomic E-state index is 13.6. The highest BCUT2D eigenvalue weighted by Gasteiger charge is 2.70. The number of nitrogens with zero attached hydrogens (tertiary/aromatic N) is 1. The van der Waals surface area contributed by atoms with Gasteiger partial charge in [-0.1, -0.05) is 48.5 Å². The second-order valence-corrected chi connectivity index (χ2v) is 8.63. The molecule has 3 aliphatic rings. The van der Waals surface area contributed by atoms with Crippen LogP contribution in [0.5, 0.6) is 0 Å². The van der Waals surface area contributed by atoms with Gasteiger partial charge in [-0.15, -0.1) is 0 Å². The highest BCUT2D eigenvalue weighted by molar-refractivity contribution is 6.15. The quantitative estimate of drug-likeness (QED) is 0.586. The highest BCUT2D eigenvalue weighted by atomic mass is 16.2. The summed E-state index contributed by atoms with van der Waals surface area (Å²) in [7, 11) is 0. The Morgan fingerprint density at radius 1 is 1.00 bits per heavy atom. The number of primary amides is 1. The van der Waals surface area contributed by atoms with Gasteiger partial charge in [0.25, 0.3) is 0 Å². The van der Waals surface area contributed by atoms with Crippen LogP contribution in [0.4, 0.5) is 5.69 Å². The summed E-state index contributed by atoms with van der Waals surface area (Å²) in [5.41, 5.74) is 6.32. The third-order valence-electron chi connectivity index (χ3n) is 6.88. The Morgan fingerprint density at radius 3 is 2.47 bits per heavy atom. The van der Waals surface area contributed by atoms with Crippen molar-refractivity contribution in [3.8, 4) is 0 Å². The van der Waals surface area contributed by atoms with Gasteiger partial charge < -0.3 is 11.1 Å². The van der Waals surface area contributed by atoms with Crippen molar-refractivity contribution in [3.05, 3.63) is 65.7 Å². The molecule has 0 aromatic heterocycles. The Balaban J connectivity index is 1.51. The predicted molar refractivity (Wildman–Crippen MR) is 116 cm³/mol. The van der Waals surface area contributed by atoms with Crippen LogP contribution in [0.15, 0.2) is 54.6 Å². The molecule has 3 aliphatic heterocycles. The van der Waals surface area contributed by atoms with Gasteiger partial charge in [-0.3, -0.25) is 29.4 Å². The van der Waals surface area contributed by atoms with E-state index >= 15 is 0 Å². The third-order valence-corrected chi connectivity index (χ3v) is 6.88. The lowest BCUT2D eigenvalue weighted by Gasteiger charge is -2.29. The maximum absolute atomic E-state index is 13.6. The van der Waals surface area contributed by atoms with Crippen LogP contribution in [0.25, 0.3) is 0 Å². The van der Waals surface area contributed by atoms with Crippen LogP contribution in [0.3, 0.4) is 0 Å². The number of hydrogen-bond donors (Lipinski definition) is 3. The van der Waals surface area contributed by atoms with E-state index in [-0.39, 0.29) is 37.1 Å². The van der Waals surface area contributed by atoms with Gasteiger partial charge in [0.05, 0.1) is 11.8 Å². The second-order valence-electron chi connectivity index (χ2n) is 8.63. The average molecular weight is 432 g/mol. The Morgan fingerprint density at radius 2 is 1.72 bits per heavy atom. The van der Waals surface area contributed by atoms with Crippen LogP contribution in [-0.4, -0.2) is 41.1 Å². The predicted octanol–water partition coefficient (Wildman–Crippen LogP) is 0.915. The molecule has 32 heavy (non-hydrogen) atoms. The molecule has 4 atom stereocenters. The van der Waals surface area contributed by atoms with E-state index in [1.807, 2.05) is 42.5 Å². The van der Waals surface area contributed by atoms with Crippen LogP contribution in [0.1, 0.15) is 24.0 Å². The van der Waals surface area contributed by atoms with Gasteiger partial charge in [0, 0.05) is 30.3 Å². The molecule has 4 amide bonds. The Kier molecular flexibility index (Phi) is 4.82. The van der Waals surface area contributed by atoms with E-state index in [9.17, 15) is 19.2 Å². The Bertz CT molecular complexity index is 1120. The summed E-state index contributed by atoms with van der Waals surface area (Å²) in [5.74, 6) is -3.08. The molecule has 1 spiro atoms. The smallest absolute Gasteiger partial charge is 0.250 e. The van der Waals surface area contributed by atoms with E-state index in [2.05, 4.69) is 10.6 Å². The molecule has 0 unspecified atom stereocenters. The van der Waals surface area contributed by atoms with E-state index in [0.717, 1.165) is 5.56 Å². The molecule has 2 aromatic carbocycles. The van der Waals surface area contributed by atoms with Gasteiger partial charge in [-0.2, -0.15) is 0 Å². The number of hydrogen-bond acceptors (Lipinski definition) is 5. The SMILES string of the molecule is NC(=O)CC[C@H]1N[C@]2(C(=O)Nc3ccccc32)[C@H]2C(=O)N(CCc3ccccc3)C(=O)[C@@H]12. The molecule has 2 fully saturated rings. The lowest BCUT2D eigenvalue weighted by Crippen LogP contribution is -2.53. The number of likely N-dealkylation sites (tertiary alicyclic amines) is 1. The molecule has 3 heterocycles. The normalized spacial score (nSPS) is 28.2. The Labute approximate surface area is 185 Å². The zero-order valence-corrected chi connectivity index (χ0v) is 17.4. The van der Waals surface area contributed by atoms with E-state index < -0.39 is 29.3 Å². The molecule has 2 aromatic rings. The summed E-state index contributed by atoms with van der Waals surface area (Å²) < 4.78 is 0. The first-order valence-electron chi connectivity index (χ1n) is 10.8. The fraction of sp³-hybridized carbons (Fsp3) is 0.333. The fourth-order valence-electron chi connectivity index (χ4n) is 5.47. The molecular weight excluding hydrogens is 408 g/mol. The number of para-hydroxylation sites is 1. The molecule has 0 saturated carbocycles. The molecule has 4 N–H and O–H groups in total. The summed E-state index contributed by atoms with van der Waals surface area (Å²) in [4.78, 5) is 53.1. The maximum Gasteiger partial charge on any atom is 0.250 e. The first-order valence-corrected chi connectivity index (χ1v) is 10.8. The van der Waals surface area contributed by atoms with Crippen LogP contribution in [0, 0.1) is 11.8 Å².